The Morgan fingerprint density at radius 3 is 2.75 bits per heavy atom. The molecule has 1 heterocycles. The second kappa shape index (κ2) is 7.82. The molecule has 0 aromatic heterocycles. The first-order valence-corrected chi connectivity index (χ1v) is 8.39. The van der Waals surface area contributed by atoms with Gasteiger partial charge in [-0.25, -0.2) is 0 Å². The van der Waals surface area contributed by atoms with Crippen LogP contribution in [0.1, 0.15) is 44.1 Å². The second-order valence-electron chi connectivity index (χ2n) is 6.15. The summed E-state index contributed by atoms with van der Waals surface area (Å²) in [6.45, 7) is 0.0207. The Morgan fingerprint density at radius 2 is 2.04 bits per heavy atom. The maximum Gasteiger partial charge on any atom is 0.264 e. The topological polar surface area (TPSA) is 83.7 Å². The number of benzene rings is 1. The normalized spacial score (nSPS) is 20.6. The zero-order chi connectivity index (χ0) is 16.8. The number of oxime groups is 1. The van der Waals surface area contributed by atoms with Crippen molar-refractivity contribution in [3.8, 4) is 11.8 Å². The SMILES string of the molecule is N#CCOc1ccc(C2=NOC(C(=O)NC3CCCCC3)C2)cc1. The molecule has 2 aliphatic rings. The van der Waals surface area contributed by atoms with E-state index in [1.54, 1.807) is 12.1 Å². The number of carbonyl (C=O) groups is 1. The summed E-state index contributed by atoms with van der Waals surface area (Å²) in [5.41, 5.74) is 1.65. The third-order valence-corrected chi connectivity index (χ3v) is 4.40. The molecule has 0 saturated heterocycles. The number of ether oxygens (including phenoxy) is 1. The van der Waals surface area contributed by atoms with Gasteiger partial charge in [0.05, 0.1) is 5.71 Å². The van der Waals surface area contributed by atoms with Crippen LogP contribution in [-0.2, 0) is 9.63 Å². The van der Waals surface area contributed by atoms with E-state index in [1.165, 1.54) is 19.3 Å². The molecule has 1 N–H and O–H groups in total. The molecule has 3 rings (SSSR count). The minimum Gasteiger partial charge on any atom is -0.479 e. The van der Waals surface area contributed by atoms with Gasteiger partial charge in [0, 0.05) is 12.5 Å². The standard InChI is InChI=1S/C18H21N3O3/c19-10-11-23-15-8-6-13(7-9-15)16-12-17(24-21-16)18(22)20-14-4-2-1-3-5-14/h6-9,14,17H,1-5,11-12H2,(H,20,22). The average molecular weight is 327 g/mol. The van der Waals surface area contributed by atoms with Gasteiger partial charge in [-0.2, -0.15) is 5.26 Å². The van der Waals surface area contributed by atoms with Crippen LogP contribution in [-0.4, -0.2) is 30.4 Å². The van der Waals surface area contributed by atoms with E-state index in [-0.39, 0.29) is 18.6 Å². The lowest BCUT2D eigenvalue weighted by Crippen LogP contribution is -2.42. The van der Waals surface area contributed by atoms with Gasteiger partial charge in [-0.05, 0) is 42.7 Å². The van der Waals surface area contributed by atoms with Gasteiger partial charge in [0.1, 0.15) is 11.8 Å². The Kier molecular flexibility index (Phi) is 5.32. The van der Waals surface area contributed by atoms with Gasteiger partial charge < -0.3 is 14.9 Å². The lowest BCUT2D eigenvalue weighted by molar-refractivity contribution is -0.132. The van der Waals surface area contributed by atoms with Crippen LogP contribution in [0.4, 0.5) is 0 Å². The second-order valence-corrected chi connectivity index (χ2v) is 6.15. The molecule has 6 nitrogen and oxygen atoms in total. The van der Waals surface area contributed by atoms with Crippen LogP contribution in [0.25, 0.3) is 0 Å². The van der Waals surface area contributed by atoms with E-state index in [4.69, 9.17) is 14.8 Å². The van der Waals surface area contributed by atoms with E-state index in [2.05, 4.69) is 10.5 Å². The van der Waals surface area contributed by atoms with Crippen LogP contribution in [0.3, 0.4) is 0 Å². The molecule has 126 valence electrons. The van der Waals surface area contributed by atoms with Crippen molar-refractivity contribution in [1.82, 2.24) is 5.32 Å². The molecule has 1 unspecified atom stereocenters. The van der Waals surface area contributed by atoms with Gasteiger partial charge in [-0.3, -0.25) is 4.79 Å². The highest BCUT2D eigenvalue weighted by Gasteiger charge is 2.30. The van der Waals surface area contributed by atoms with Crippen LogP contribution in [0.15, 0.2) is 29.4 Å². The summed E-state index contributed by atoms with van der Waals surface area (Å²) in [4.78, 5) is 17.6. The molecule has 1 fully saturated rings. The Morgan fingerprint density at radius 1 is 1.29 bits per heavy atom. The predicted molar refractivity (Wildman–Crippen MR) is 88.6 cm³/mol. The molecule has 0 radical (unpaired) electrons. The highest BCUT2D eigenvalue weighted by molar-refractivity contribution is 6.04. The van der Waals surface area contributed by atoms with Crippen molar-refractivity contribution in [2.24, 2.45) is 5.16 Å². The average Bonchev–Trinajstić information content (AvgIpc) is 3.11. The molecule has 1 amide bonds. The molecule has 0 bridgehead atoms. The Hall–Kier alpha value is -2.55. The summed E-state index contributed by atoms with van der Waals surface area (Å²) < 4.78 is 5.22. The first-order chi connectivity index (χ1) is 11.8. The summed E-state index contributed by atoms with van der Waals surface area (Å²) in [5.74, 6) is 0.557. The molecule has 6 heteroatoms. The van der Waals surface area contributed by atoms with Crippen molar-refractivity contribution in [2.45, 2.75) is 50.7 Å². The number of amides is 1. The van der Waals surface area contributed by atoms with E-state index in [9.17, 15) is 4.79 Å². The molecular weight excluding hydrogens is 306 g/mol. The van der Waals surface area contributed by atoms with E-state index in [0.717, 1.165) is 24.1 Å². The van der Waals surface area contributed by atoms with E-state index < -0.39 is 6.10 Å². The van der Waals surface area contributed by atoms with Crippen molar-refractivity contribution < 1.29 is 14.4 Å². The summed E-state index contributed by atoms with van der Waals surface area (Å²) in [5, 5.41) is 15.6. The van der Waals surface area contributed by atoms with Gasteiger partial charge in [-0.1, -0.05) is 24.4 Å². The molecule has 1 atom stereocenters. The fourth-order valence-corrected chi connectivity index (χ4v) is 3.09. The smallest absolute Gasteiger partial charge is 0.264 e. The number of rotatable bonds is 5. The van der Waals surface area contributed by atoms with Crippen LogP contribution in [0.5, 0.6) is 5.75 Å². The Bertz CT molecular complexity index is 642. The van der Waals surface area contributed by atoms with E-state index >= 15 is 0 Å². The van der Waals surface area contributed by atoms with Crippen LogP contribution in [0, 0.1) is 11.3 Å². The highest BCUT2D eigenvalue weighted by Crippen LogP contribution is 2.21. The van der Waals surface area contributed by atoms with Crippen molar-refractivity contribution in [2.75, 3.05) is 6.61 Å². The van der Waals surface area contributed by atoms with Crippen LogP contribution < -0.4 is 10.1 Å². The van der Waals surface area contributed by atoms with Crippen molar-refractivity contribution >= 4 is 11.6 Å². The maximum absolute atomic E-state index is 12.3. The van der Waals surface area contributed by atoms with Gasteiger partial charge in [-0.15, -0.1) is 0 Å². The number of hydrogen-bond acceptors (Lipinski definition) is 5. The van der Waals surface area contributed by atoms with Crippen molar-refractivity contribution in [1.29, 1.82) is 5.26 Å². The summed E-state index contributed by atoms with van der Waals surface area (Å²) in [7, 11) is 0. The van der Waals surface area contributed by atoms with Gasteiger partial charge in [0.15, 0.2) is 6.61 Å². The van der Waals surface area contributed by atoms with Gasteiger partial charge >= 0.3 is 0 Å². The van der Waals surface area contributed by atoms with Gasteiger partial charge in [0.25, 0.3) is 5.91 Å². The zero-order valence-corrected chi connectivity index (χ0v) is 13.5. The zero-order valence-electron chi connectivity index (χ0n) is 13.5. The lowest BCUT2D eigenvalue weighted by Gasteiger charge is -2.23. The molecule has 1 aliphatic carbocycles. The quantitative estimate of drug-likeness (QED) is 0.900. The number of nitrogens with one attached hydrogen (secondary N) is 1. The summed E-state index contributed by atoms with van der Waals surface area (Å²) >= 11 is 0. The first kappa shape index (κ1) is 16.3. The molecule has 1 aromatic rings. The van der Waals surface area contributed by atoms with Crippen molar-refractivity contribution in [3.05, 3.63) is 29.8 Å². The minimum atomic E-state index is -0.545. The maximum atomic E-state index is 12.3. The molecule has 1 saturated carbocycles. The Balaban J connectivity index is 1.52. The molecule has 1 aromatic carbocycles. The van der Waals surface area contributed by atoms with E-state index in [1.807, 2.05) is 18.2 Å². The van der Waals surface area contributed by atoms with Gasteiger partial charge in [0.2, 0.25) is 6.10 Å². The van der Waals surface area contributed by atoms with E-state index in [0.29, 0.717) is 12.2 Å². The monoisotopic (exact) mass is 327 g/mol. The Labute approximate surface area is 141 Å². The third kappa shape index (κ3) is 4.05. The van der Waals surface area contributed by atoms with Crippen LogP contribution in [0.2, 0.25) is 0 Å². The third-order valence-electron chi connectivity index (χ3n) is 4.40. The molecule has 0 spiro atoms. The summed E-state index contributed by atoms with van der Waals surface area (Å²) in [6.07, 6.45) is 5.64. The lowest BCUT2D eigenvalue weighted by atomic mass is 9.95. The number of carbonyl (C=O) groups excluding carboxylic acids is 1. The fourth-order valence-electron chi connectivity index (χ4n) is 3.09. The number of hydrogen-bond donors (Lipinski definition) is 1. The highest BCUT2D eigenvalue weighted by atomic mass is 16.6. The molecular formula is C18H21N3O3. The minimum absolute atomic E-state index is 0.0207. The van der Waals surface area contributed by atoms with Crippen molar-refractivity contribution in [3.63, 3.8) is 0 Å². The number of nitriles is 1. The first-order valence-electron chi connectivity index (χ1n) is 8.39. The fraction of sp³-hybridized carbons (Fsp3) is 0.500. The number of nitrogens with zero attached hydrogens (tertiary/aromatic N) is 2. The van der Waals surface area contributed by atoms with Crippen LogP contribution >= 0.6 is 0 Å². The molecule has 24 heavy (non-hydrogen) atoms. The molecule has 1 aliphatic heterocycles. The summed E-state index contributed by atoms with van der Waals surface area (Å²) in [6, 6.07) is 9.48. The largest absolute Gasteiger partial charge is 0.479 e. The predicted octanol–water partition coefficient (Wildman–Crippen LogP) is 2.53.